The van der Waals surface area contributed by atoms with E-state index in [0.717, 1.165) is 15.6 Å². The summed E-state index contributed by atoms with van der Waals surface area (Å²) in [5.41, 5.74) is 1.33. The topological polar surface area (TPSA) is 77.4 Å². The number of fused-ring (bicyclic) bond motifs is 1. The molecule has 1 amide bonds. The predicted octanol–water partition coefficient (Wildman–Crippen LogP) is 2.72. The van der Waals surface area contributed by atoms with Gasteiger partial charge < -0.3 is 14.6 Å². The Morgan fingerprint density at radius 2 is 1.89 bits per heavy atom. The number of ether oxygens (including phenoxy) is 1. The minimum atomic E-state index is -0.617. The summed E-state index contributed by atoms with van der Waals surface area (Å²) in [6.07, 6.45) is 1.53. The molecule has 27 heavy (non-hydrogen) atoms. The fraction of sp³-hybridized carbons (Fsp3) is 0.150. The summed E-state index contributed by atoms with van der Waals surface area (Å²) in [6.45, 7) is 0.195. The van der Waals surface area contributed by atoms with E-state index in [2.05, 4.69) is 26.0 Å². The van der Waals surface area contributed by atoms with E-state index in [1.165, 1.54) is 13.3 Å². The summed E-state index contributed by atoms with van der Waals surface area (Å²) in [5, 5.41) is 2.84. The van der Waals surface area contributed by atoms with Gasteiger partial charge in [0, 0.05) is 22.6 Å². The van der Waals surface area contributed by atoms with Gasteiger partial charge in [0.2, 0.25) is 5.43 Å². The molecule has 0 saturated heterocycles. The molecule has 0 aliphatic heterocycles. The van der Waals surface area contributed by atoms with Crippen molar-refractivity contribution in [2.24, 2.45) is 0 Å². The normalized spacial score (nSPS) is 10.6. The molecule has 0 fully saturated rings. The molecule has 0 aliphatic rings. The van der Waals surface area contributed by atoms with Crippen molar-refractivity contribution in [3.8, 4) is 0 Å². The van der Waals surface area contributed by atoms with E-state index in [1.54, 1.807) is 6.07 Å². The number of nitrogens with one attached hydrogen (secondary N) is 1. The number of carbonyl (C=O) groups excluding carboxylic acids is 2. The van der Waals surface area contributed by atoms with Crippen molar-refractivity contribution in [2.75, 3.05) is 13.7 Å². The van der Waals surface area contributed by atoms with Crippen LogP contribution in [0.2, 0.25) is 0 Å². The molecule has 1 N–H and O–H groups in total. The number of benzene rings is 2. The fourth-order valence-electron chi connectivity index (χ4n) is 2.76. The minimum Gasteiger partial charge on any atom is -0.468 e. The van der Waals surface area contributed by atoms with Crippen LogP contribution in [0.25, 0.3) is 10.9 Å². The third-order valence-electron chi connectivity index (χ3n) is 4.10. The smallest absolute Gasteiger partial charge is 0.325 e. The summed E-state index contributed by atoms with van der Waals surface area (Å²) < 4.78 is 7.11. The maximum atomic E-state index is 12.8. The average Bonchev–Trinajstić information content (AvgIpc) is 2.68. The van der Waals surface area contributed by atoms with Crippen LogP contribution < -0.4 is 10.7 Å². The minimum absolute atomic E-state index is 0.0274. The van der Waals surface area contributed by atoms with Crippen molar-refractivity contribution in [1.82, 2.24) is 9.88 Å². The monoisotopic (exact) mass is 428 g/mol. The molecule has 6 nitrogen and oxygen atoms in total. The van der Waals surface area contributed by atoms with Crippen LogP contribution in [-0.4, -0.2) is 30.1 Å². The van der Waals surface area contributed by atoms with E-state index in [9.17, 15) is 14.4 Å². The van der Waals surface area contributed by atoms with Gasteiger partial charge >= 0.3 is 5.97 Å². The molecule has 0 atom stereocenters. The van der Waals surface area contributed by atoms with Gasteiger partial charge in [-0.05, 0) is 23.8 Å². The first-order chi connectivity index (χ1) is 13.0. The van der Waals surface area contributed by atoms with Crippen molar-refractivity contribution in [3.63, 3.8) is 0 Å². The van der Waals surface area contributed by atoms with Gasteiger partial charge in [0.1, 0.15) is 12.1 Å². The molecule has 0 spiro atoms. The molecule has 0 unspecified atom stereocenters. The van der Waals surface area contributed by atoms with Gasteiger partial charge in [0.05, 0.1) is 12.6 Å². The SMILES string of the molecule is COC(=O)CNC(=O)c1cn(Cc2ccccc2)c2ccc(Br)cc2c1=O. The van der Waals surface area contributed by atoms with Gasteiger partial charge in [0.25, 0.3) is 5.91 Å². The third-order valence-corrected chi connectivity index (χ3v) is 4.60. The number of aromatic nitrogens is 1. The van der Waals surface area contributed by atoms with Gasteiger partial charge in [0.15, 0.2) is 0 Å². The maximum absolute atomic E-state index is 12.8. The molecule has 0 saturated carbocycles. The standard InChI is InChI=1S/C20H17BrN2O4/c1-27-18(24)10-22-20(26)16-12-23(11-13-5-3-2-4-6-13)17-8-7-14(21)9-15(17)19(16)25/h2-9,12H,10-11H2,1H3,(H,22,26). The lowest BCUT2D eigenvalue weighted by Crippen LogP contribution is -2.34. The lowest BCUT2D eigenvalue weighted by Gasteiger charge is -2.14. The Hall–Kier alpha value is -2.93. The summed E-state index contributed by atoms with van der Waals surface area (Å²) in [5.74, 6) is -1.20. The summed E-state index contributed by atoms with van der Waals surface area (Å²) in [6, 6.07) is 15.1. The largest absolute Gasteiger partial charge is 0.468 e. The summed E-state index contributed by atoms with van der Waals surface area (Å²) in [7, 11) is 1.23. The second kappa shape index (κ2) is 8.18. The van der Waals surface area contributed by atoms with E-state index in [1.807, 2.05) is 47.0 Å². The molecule has 1 heterocycles. The fourth-order valence-corrected chi connectivity index (χ4v) is 3.12. The molecule has 3 rings (SSSR count). The van der Waals surface area contributed by atoms with Gasteiger partial charge in [-0.3, -0.25) is 14.4 Å². The highest BCUT2D eigenvalue weighted by molar-refractivity contribution is 9.10. The van der Waals surface area contributed by atoms with Crippen molar-refractivity contribution < 1.29 is 14.3 Å². The number of carbonyl (C=O) groups is 2. The highest BCUT2D eigenvalue weighted by atomic mass is 79.9. The number of rotatable bonds is 5. The van der Waals surface area contributed by atoms with Crippen molar-refractivity contribution >= 4 is 38.7 Å². The number of hydrogen-bond donors (Lipinski definition) is 1. The first-order valence-electron chi connectivity index (χ1n) is 8.21. The molecule has 2 aromatic carbocycles. The van der Waals surface area contributed by atoms with Crippen LogP contribution in [0.5, 0.6) is 0 Å². The molecule has 0 aliphatic carbocycles. The van der Waals surface area contributed by atoms with Crippen LogP contribution in [0.1, 0.15) is 15.9 Å². The molecule has 1 aromatic heterocycles. The molecule has 0 bridgehead atoms. The molecule has 3 aromatic rings. The first-order valence-corrected chi connectivity index (χ1v) is 9.00. The molecule has 7 heteroatoms. The number of esters is 1. The Bertz CT molecular complexity index is 1060. The van der Waals surface area contributed by atoms with E-state index < -0.39 is 17.3 Å². The Morgan fingerprint density at radius 3 is 2.59 bits per heavy atom. The number of nitrogens with zero attached hydrogens (tertiary/aromatic N) is 1. The van der Waals surface area contributed by atoms with Crippen LogP contribution in [0, 0.1) is 0 Å². The Balaban J connectivity index is 2.08. The number of methoxy groups -OCH3 is 1. The molecular weight excluding hydrogens is 412 g/mol. The van der Waals surface area contributed by atoms with Crippen LogP contribution in [-0.2, 0) is 16.1 Å². The van der Waals surface area contributed by atoms with Crippen LogP contribution >= 0.6 is 15.9 Å². The van der Waals surface area contributed by atoms with Gasteiger partial charge in [-0.25, -0.2) is 0 Å². The number of hydrogen-bond acceptors (Lipinski definition) is 4. The van der Waals surface area contributed by atoms with Crippen molar-refractivity contribution in [1.29, 1.82) is 0 Å². The Labute approximate surface area is 163 Å². The van der Waals surface area contributed by atoms with Crippen molar-refractivity contribution in [3.05, 3.63) is 80.6 Å². The number of amides is 1. The van der Waals surface area contributed by atoms with E-state index in [-0.39, 0.29) is 12.1 Å². The molecule has 0 radical (unpaired) electrons. The second-order valence-corrected chi connectivity index (χ2v) is 6.82. The lowest BCUT2D eigenvalue weighted by atomic mass is 10.1. The zero-order chi connectivity index (χ0) is 19.4. The van der Waals surface area contributed by atoms with Crippen molar-refractivity contribution in [2.45, 2.75) is 6.54 Å². The van der Waals surface area contributed by atoms with Crippen LogP contribution in [0.15, 0.2) is 64.0 Å². The third kappa shape index (κ3) is 4.25. The lowest BCUT2D eigenvalue weighted by molar-refractivity contribution is -0.139. The van der Waals surface area contributed by atoms with E-state index in [4.69, 9.17) is 0 Å². The van der Waals surface area contributed by atoms with Crippen LogP contribution in [0.3, 0.4) is 0 Å². The Kier molecular flexibility index (Phi) is 5.71. The maximum Gasteiger partial charge on any atom is 0.325 e. The highest BCUT2D eigenvalue weighted by Crippen LogP contribution is 2.19. The Morgan fingerprint density at radius 1 is 1.15 bits per heavy atom. The van der Waals surface area contributed by atoms with Gasteiger partial charge in [-0.15, -0.1) is 0 Å². The number of halogens is 1. The quantitative estimate of drug-likeness (QED) is 0.633. The summed E-state index contributed by atoms with van der Waals surface area (Å²) >= 11 is 3.37. The number of pyridine rings is 1. The average molecular weight is 429 g/mol. The zero-order valence-electron chi connectivity index (χ0n) is 14.6. The molecule has 138 valence electrons. The first kappa shape index (κ1) is 18.8. The highest BCUT2D eigenvalue weighted by Gasteiger charge is 2.17. The zero-order valence-corrected chi connectivity index (χ0v) is 16.2. The van der Waals surface area contributed by atoms with Gasteiger partial charge in [-0.2, -0.15) is 0 Å². The summed E-state index contributed by atoms with van der Waals surface area (Å²) in [4.78, 5) is 36.6. The van der Waals surface area contributed by atoms with Gasteiger partial charge in [-0.1, -0.05) is 46.3 Å². The van der Waals surface area contributed by atoms with E-state index >= 15 is 0 Å². The predicted molar refractivity (Wildman–Crippen MR) is 106 cm³/mol. The van der Waals surface area contributed by atoms with E-state index in [0.29, 0.717) is 11.9 Å². The molecular formula is C20H17BrN2O4. The second-order valence-electron chi connectivity index (χ2n) is 5.91. The van der Waals surface area contributed by atoms with Crippen LogP contribution in [0.4, 0.5) is 0 Å².